The van der Waals surface area contributed by atoms with E-state index in [2.05, 4.69) is 0 Å². The van der Waals surface area contributed by atoms with Crippen molar-refractivity contribution in [3.63, 3.8) is 0 Å². The van der Waals surface area contributed by atoms with Crippen molar-refractivity contribution in [2.45, 2.75) is 25.7 Å². The van der Waals surface area contributed by atoms with Gasteiger partial charge in [-0.1, -0.05) is 36.4 Å². The Hall–Kier alpha value is -1.81. The number of cyclic esters (lactones) is 2. The van der Waals surface area contributed by atoms with Crippen molar-refractivity contribution in [3.05, 3.63) is 48.0 Å². The molecule has 1 aromatic rings. The molecule has 0 unspecified atom stereocenters. The highest BCUT2D eigenvalue weighted by Crippen LogP contribution is 2.17. The summed E-state index contributed by atoms with van der Waals surface area (Å²) in [5.41, 5.74) is 1.09. The zero-order valence-corrected chi connectivity index (χ0v) is 10.2. The lowest BCUT2D eigenvalue weighted by Crippen LogP contribution is -2.25. The van der Waals surface area contributed by atoms with Gasteiger partial charge in [-0.25, -0.2) is 4.79 Å². The summed E-state index contributed by atoms with van der Waals surface area (Å²) in [6, 6.07) is 9.85. The number of hydrogen-bond donors (Lipinski definition) is 0. The summed E-state index contributed by atoms with van der Waals surface area (Å²) in [6.07, 6.45) is 2.28. The lowest BCUT2D eigenvalue weighted by molar-refractivity contribution is 0.0305. The highest BCUT2D eigenvalue weighted by Gasteiger charge is 2.34. The Balaban J connectivity index is 1.81. The van der Waals surface area contributed by atoms with Crippen LogP contribution in [0.3, 0.4) is 0 Å². The van der Waals surface area contributed by atoms with Gasteiger partial charge in [0.1, 0.15) is 0 Å². The van der Waals surface area contributed by atoms with Crippen LogP contribution in [0.25, 0.3) is 0 Å². The predicted octanol–water partition coefficient (Wildman–Crippen LogP) is 2.68. The van der Waals surface area contributed by atoms with E-state index in [1.54, 1.807) is 6.08 Å². The van der Waals surface area contributed by atoms with E-state index in [-0.39, 0.29) is 12.2 Å². The Kier molecular flexibility index (Phi) is 4.36. The summed E-state index contributed by atoms with van der Waals surface area (Å²) < 4.78 is 15.6. The highest BCUT2D eigenvalue weighted by atomic mass is 16.8. The van der Waals surface area contributed by atoms with Crippen LogP contribution in [0.4, 0.5) is 4.79 Å². The lowest BCUT2D eigenvalue weighted by atomic mass is 10.2. The summed E-state index contributed by atoms with van der Waals surface area (Å²) in [4.78, 5) is 11.0. The molecule has 1 fully saturated rings. The second-order valence-electron chi connectivity index (χ2n) is 4.02. The highest BCUT2D eigenvalue weighted by molar-refractivity contribution is 5.63. The number of hydrogen-bond acceptors (Lipinski definition) is 4. The van der Waals surface area contributed by atoms with Gasteiger partial charge in [0.15, 0.2) is 12.2 Å². The summed E-state index contributed by atoms with van der Waals surface area (Å²) in [5, 5.41) is 0. The number of benzene rings is 1. The van der Waals surface area contributed by atoms with Crippen LogP contribution >= 0.6 is 0 Å². The predicted molar refractivity (Wildman–Crippen MR) is 66.1 cm³/mol. The molecule has 1 aromatic carbocycles. The molecule has 1 heterocycles. The molecule has 0 spiro atoms. The Morgan fingerprint density at radius 1 is 1.28 bits per heavy atom. The topological polar surface area (TPSA) is 44.8 Å². The van der Waals surface area contributed by atoms with Gasteiger partial charge in [-0.15, -0.1) is 0 Å². The molecule has 0 bridgehead atoms. The molecule has 2 atom stereocenters. The molecule has 0 radical (unpaired) electrons. The third kappa shape index (κ3) is 3.34. The summed E-state index contributed by atoms with van der Waals surface area (Å²) in [6.45, 7) is 2.70. The quantitative estimate of drug-likeness (QED) is 0.593. The molecule has 0 amide bonds. The third-order valence-electron chi connectivity index (χ3n) is 2.62. The van der Waals surface area contributed by atoms with Crippen molar-refractivity contribution in [1.29, 1.82) is 0 Å². The number of carbonyl (C=O) groups is 1. The fourth-order valence-electron chi connectivity index (χ4n) is 1.75. The van der Waals surface area contributed by atoms with Crippen LogP contribution in [0.5, 0.6) is 0 Å². The molecule has 0 aromatic heterocycles. The molecule has 96 valence electrons. The number of ether oxygens (including phenoxy) is 3. The van der Waals surface area contributed by atoms with Gasteiger partial charge in [0, 0.05) is 0 Å². The van der Waals surface area contributed by atoms with Gasteiger partial charge >= 0.3 is 6.16 Å². The monoisotopic (exact) mass is 248 g/mol. The zero-order chi connectivity index (χ0) is 12.8. The van der Waals surface area contributed by atoms with Crippen LogP contribution in [-0.2, 0) is 20.8 Å². The van der Waals surface area contributed by atoms with Crippen molar-refractivity contribution >= 4 is 6.16 Å². The van der Waals surface area contributed by atoms with Gasteiger partial charge in [-0.05, 0) is 18.6 Å². The molecule has 1 saturated heterocycles. The van der Waals surface area contributed by atoms with Gasteiger partial charge < -0.3 is 14.2 Å². The maximum absolute atomic E-state index is 11.0. The van der Waals surface area contributed by atoms with E-state index in [0.29, 0.717) is 13.2 Å². The molecule has 1 aliphatic rings. The standard InChI is InChI=1S/C14H16O4/c1-2-6-12-13(18-14(15)17-12)10-16-9-11-7-4-3-5-8-11/h2-8,12-13H,9-10H2,1H3/b6-2-/t12-,13-/m0/s1. The summed E-state index contributed by atoms with van der Waals surface area (Å²) in [5.74, 6) is 0. The number of carbonyl (C=O) groups excluding carboxylic acids is 1. The average molecular weight is 248 g/mol. The molecular formula is C14H16O4. The Morgan fingerprint density at radius 3 is 2.78 bits per heavy atom. The van der Waals surface area contributed by atoms with E-state index >= 15 is 0 Å². The largest absolute Gasteiger partial charge is 0.509 e. The maximum atomic E-state index is 11.0. The van der Waals surface area contributed by atoms with Crippen LogP contribution in [0.2, 0.25) is 0 Å². The molecule has 0 saturated carbocycles. The van der Waals surface area contributed by atoms with Crippen LogP contribution in [0, 0.1) is 0 Å². The second-order valence-corrected chi connectivity index (χ2v) is 4.02. The summed E-state index contributed by atoms with van der Waals surface area (Å²) in [7, 11) is 0. The molecule has 4 nitrogen and oxygen atoms in total. The normalized spacial score (nSPS) is 23.1. The van der Waals surface area contributed by atoms with Crippen LogP contribution in [-0.4, -0.2) is 25.0 Å². The first kappa shape index (κ1) is 12.6. The number of rotatable bonds is 5. The molecule has 4 heteroatoms. The first-order valence-corrected chi connectivity index (χ1v) is 5.91. The molecule has 0 aliphatic carbocycles. The lowest BCUT2D eigenvalue weighted by Gasteiger charge is -2.12. The zero-order valence-electron chi connectivity index (χ0n) is 10.2. The maximum Gasteiger partial charge on any atom is 0.509 e. The van der Waals surface area contributed by atoms with E-state index in [9.17, 15) is 4.79 Å². The van der Waals surface area contributed by atoms with Gasteiger partial charge in [0.25, 0.3) is 0 Å². The van der Waals surface area contributed by atoms with Crippen LogP contribution < -0.4 is 0 Å². The molecule has 2 rings (SSSR count). The van der Waals surface area contributed by atoms with Crippen molar-refractivity contribution in [2.75, 3.05) is 6.61 Å². The third-order valence-corrected chi connectivity index (χ3v) is 2.62. The number of allylic oxidation sites excluding steroid dienone is 1. The minimum atomic E-state index is -0.633. The Morgan fingerprint density at radius 2 is 2.06 bits per heavy atom. The second kappa shape index (κ2) is 6.21. The summed E-state index contributed by atoms with van der Waals surface area (Å²) >= 11 is 0. The molecule has 18 heavy (non-hydrogen) atoms. The van der Waals surface area contributed by atoms with E-state index in [1.807, 2.05) is 43.3 Å². The SMILES string of the molecule is C/C=C\[C@@H]1OC(=O)O[C@H]1COCc1ccccc1. The first-order valence-electron chi connectivity index (χ1n) is 5.91. The van der Waals surface area contributed by atoms with Crippen molar-refractivity contribution in [3.8, 4) is 0 Å². The molecular weight excluding hydrogens is 232 g/mol. The van der Waals surface area contributed by atoms with Crippen LogP contribution in [0.1, 0.15) is 12.5 Å². The van der Waals surface area contributed by atoms with Crippen molar-refractivity contribution in [1.82, 2.24) is 0 Å². The minimum absolute atomic E-state index is 0.329. The van der Waals surface area contributed by atoms with E-state index in [4.69, 9.17) is 14.2 Å². The van der Waals surface area contributed by atoms with E-state index < -0.39 is 6.16 Å². The molecule has 1 aliphatic heterocycles. The van der Waals surface area contributed by atoms with Crippen LogP contribution in [0.15, 0.2) is 42.5 Å². The molecule has 0 N–H and O–H groups in total. The van der Waals surface area contributed by atoms with Crippen molar-refractivity contribution < 1.29 is 19.0 Å². The van der Waals surface area contributed by atoms with E-state index in [1.165, 1.54) is 0 Å². The van der Waals surface area contributed by atoms with Gasteiger partial charge in [0.2, 0.25) is 0 Å². The Labute approximate surface area is 106 Å². The van der Waals surface area contributed by atoms with Crippen molar-refractivity contribution in [2.24, 2.45) is 0 Å². The van der Waals surface area contributed by atoms with Gasteiger partial charge in [0.05, 0.1) is 13.2 Å². The average Bonchev–Trinajstić information content (AvgIpc) is 2.72. The fraction of sp³-hybridized carbons (Fsp3) is 0.357. The van der Waals surface area contributed by atoms with Gasteiger partial charge in [-0.3, -0.25) is 0 Å². The minimum Gasteiger partial charge on any atom is -0.424 e. The van der Waals surface area contributed by atoms with Gasteiger partial charge in [-0.2, -0.15) is 0 Å². The van der Waals surface area contributed by atoms with E-state index in [0.717, 1.165) is 5.56 Å². The Bertz CT molecular complexity index is 413. The fourth-order valence-corrected chi connectivity index (χ4v) is 1.75. The smallest absolute Gasteiger partial charge is 0.424 e. The first-order chi connectivity index (χ1) is 8.79.